The Bertz CT molecular complexity index is 948. The van der Waals surface area contributed by atoms with Crippen LogP contribution in [-0.2, 0) is 15.8 Å². The minimum absolute atomic E-state index is 0.0337. The molecule has 0 radical (unpaired) electrons. The first-order chi connectivity index (χ1) is 14.1. The molecule has 5 rings (SSSR count). The summed E-state index contributed by atoms with van der Waals surface area (Å²) in [6.07, 6.45) is 8.48. The summed E-state index contributed by atoms with van der Waals surface area (Å²) in [4.78, 5) is 11.1. The lowest BCUT2D eigenvalue weighted by atomic mass is 10.1. The fourth-order valence-corrected chi connectivity index (χ4v) is 5.80. The molecule has 1 saturated carbocycles. The van der Waals surface area contributed by atoms with Gasteiger partial charge < -0.3 is 4.74 Å². The molecule has 2 aromatic rings. The van der Waals surface area contributed by atoms with Crippen molar-refractivity contribution < 1.29 is 13.2 Å². The van der Waals surface area contributed by atoms with Gasteiger partial charge in [-0.1, -0.05) is 30.3 Å². The van der Waals surface area contributed by atoms with Crippen molar-refractivity contribution >= 4 is 10.0 Å². The van der Waals surface area contributed by atoms with Crippen molar-refractivity contribution in [1.82, 2.24) is 19.2 Å². The SMILES string of the molecule is O=S(=O)(Cc1ccccc1)N1CC[C@@H]2CC[C@H](Oc3cnc(C4CC4)cn3)N2C1. The highest BCUT2D eigenvalue weighted by molar-refractivity contribution is 7.88. The quantitative estimate of drug-likeness (QED) is 0.724. The standard InChI is InChI=1S/C21H26N4O3S/c26-29(27,14-16-4-2-1-3-5-16)24-11-10-18-8-9-21(25(18)15-24)28-20-13-22-19(12-23-20)17-6-7-17/h1-5,12-13,17-18,21H,6-11,14-15H2/t18-,21-/m0/s1. The van der Waals surface area contributed by atoms with Crippen LogP contribution in [-0.4, -0.2) is 53.1 Å². The zero-order valence-electron chi connectivity index (χ0n) is 16.4. The van der Waals surface area contributed by atoms with Crippen LogP contribution in [0.3, 0.4) is 0 Å². The maximum absolute atomic E-state index is 13.0. The van der Waals surface area contributed by atoms with E-state index in [0.29, 0.717) is 31.1 Å². The van der Waals surface area contributed by atoms with Gasteiger partial charge in [-0.2, -0.15) is 4.31 Å². The van der Waals surface area contributed by atoms with Gasteiger partial charge in [0.1, 0.15) is 0 Å². The van der Waals surface area contributed by atoms with E-state index < -0.39 is 10.0 Å². The van der Waals surface area contributed by atoms with Gasteiger partial charge in [0.15, 0.2) is 6.23 Å². The summed E-state index contributed by atoms with van der Waals surface area (Å²) in [7, 11) is -3.37. The maximum atomic E-state index is 13.0. The van der Waals surface area contributed by atoms with E-state index in [-0.39, 0.29) is 12.0 Å². The Morgan fingerprint density at radius 1 is 1.00 bits per heavy atom. The number of hydrogen-bond donors (Lipinski definition) is 0. The third kappa shape index (κ3) is 4.15. The van der Waals surface area contributed by atoms with E-state index in [2.05, 4.69) is 14.9 Å². The molecule has 0 unspecified atom stereocenters. The van der Waals surface area contributed by atoms with Gasteiger partial charge in [0.05, 0.1) is 30.5 Å². The fraction of sp³-hybridized carbons (Fsp3) is 0.524. The zero-order valence-corrected chi connectivity index (χ0v) is 17.2. The van der Waals surface area contributed by atoms with E-state index in [0.717, 1.165) is 30.5 Å². The molecule has 0 N–H and O–H groups in total. The van der Waals surface area contributed by atoms with Crippen LogP contribution in [0.4, 0.5) is 0 Å². The molecule has 8 heteroatoms. The van der Waals surface area contributed by atoms with Gasteiger partial charge in [-0.05, 0) is 37.7 Å². The van der Waals surface area contributed by atoms with E-state index >= 15 is 0 Å². The molecule has 2 aliphatic heterocycles. The molecular weight excluding hydrogens is 388 g/mol. The van der Waals surface area contributed by atoms with Crippen molar-refractivity contribution in [3.8, 4) is 5.88 Å². The Kier molecular flexibility index (Phi) is 5.01. The fourth-order valence-electron chi connectivity index (χ4n) is 4.31. The smallest absolute Gasteiger partial charge is 0.233 e. The average Bonchev–Trinajstić information content (AvgIpc) is 3.51. The summed E-state index contributed by atoms with van der Waals surface area (Å²) in [5.41, 5.74) is 1.85. The molecule has 1 aromatic carbocycles. The van der Waals surface area contributed by atoms with Crippen LogP contribution in [0.1, 0.15) is 49.3 Å². The topological polar surface area (TPSA) is 75.6 Å². The number of fused-ring (bicyclic) bond motifs is 1. The Labute approximate surface area is 171 Å². The van der Waals surface area contributed by atoms with Crippen LogP contribution in [0.25, 0.3) is 0 Å². The highest BCUT2D eigenvalue weighted by Crippen LogP contribution is 2.39. The van der Waals surface area contributed by atoms with Crippen LogP contribution in [0.5, 0.6) is 5.88 Å². The van der Waals surface area contributed by atoms with Crippen LogP contribution >= 0.6 is 0 Å². The van der Waals surface area contributed by atoms with Crippen molar-refractivity contribution in [2.24, 2.45) is 0 Å². The van der Waals surface area contributed by atoms with Crippen LogP contribution in [0, 0.1) is 0 Å². The van der Waals surface area contributed by atoms with E-state index in [1.807, 2.05) is 36.5 Å². The molecule has 0 amide bonds. The maximum Gasteiger partial charge on any atom is 0.233 e. The second kappa shape index (κ2) is 7.66. The first-order valence-electron chi connectivity index (χ1n) is 10.3. The first kappa shape index (κ1) is 19.0. The lowest BCUT2D eigenvalue weighted by molar-refractivity contribution is -0.00993. The lowest BCUT2D eigenvalue weighted by Gasteiger charge is -2.39. The molecule has 29 heavy (non-hydrogen) atoms. The molecular formula is C21H26N4O3S. The molecule has 0 bridgehead atoms. The second-order valence-corrected chi connectivity index (χ2v) is 10.2. The van der Waals surface area contributed by atoms with E-state index in [4.69, 9.17) is 4.74 Å². The van der Waals surface area contributed by atoms with Crippen LogP contribution < -0.4 is 4.74 Å². The Hall–Kier alpha value is -2.03. The number of hydrogen-bond acceptors (Lipinski definition) is 6. The van der Waals surface area contributed by atoms with Gasteiger partial charge in [0.25, 0.3) is 0 Å². The molecule has 1 aliphatic carbocycles. The molecule has 3 aliphatic rings. The first-order valence-corrected chi connectivity index (χ1v) is 12.0. The molecule has 7 nitrogen and oxygen atoms in total. The molecule has 3 heterocycles. The number of rotatable bonds is 6. The Morgan fingerprint density at radius 3 is 2.55 bits per heavy atom. The van der Waals surface area contributed by atoms with Gasteiger partial charge in [-0.25, -0.2) is 13.4 Å². The third-order valence-electron chi connectivity index (χ3n) is 6.10. The summed E-state index contributed by atoms with van der Waals surface area (Å²) in [5.74, 6) is 1.12. The predicted octanol–water partition coefficient (Wildman–Crippen LogP) is 2.72. The summed E-state index contributed by atoms with van der Waals surface area (Å²) < 4.78 is 33.6. The Balaban J connectivity index is 1.25. The second-order valence-electron chi connectivity index (χ2n) is 8.22. The van der Waals surface area contributed by atoms with Gasteiger partial charge >= 0.3 is 0 Å². The minimum Gasteiger partial charge on any atom is -0.457 e. The number of aromatic nitrogens is 2. The van der Waals surface area contributed by atoms with Crippen molar-refractivity contribution in [3.63, 3.8) is 0 Å². The Morgan fingerprint density at radius 2 is 1.83 bits per heavy atom. The van der Waals surface area contributed by atoms with E-state index in [1.165, 1.54) is 12.8 Å². The number of benzene rings is 1. The molecule has 3 fully saturated rings. The number of sulfonamides is 1. The molecule has 2 atom stereocenters. The predicted molar refractivity (Wildman–Crippen MR) is 109 cm³/mol. The molecule has 154 valence electrons. The summed E-state index contributed by atoms with van der Waals surface area (Å²) >= 11 is 0. The van der Waals surface area contributed by atoms with Crippen molar-refractivity contribution in [2.45, 2.75) is 56.0 Å². The van der Waals surface area contributed by atoms with Crippen molar-refractivity contribution in [3.05, 3.63) is 54.0 Å². The normalized spacial score (nSPS) is 25.7. The van der Waals surface area contributed by atoms with Gasteiger partial charge in [-0.15, -0.1) is 0 Å². The van der Waals surface area contributed by atoms with Gasteiger partial charge in [-0.3, -0.25) is 9.88 Å². The van der Waals surface area contributed by atoms with Crippen LogP contribution in [0.15, 0.2) is 42.7 Å². The summed E-state index contributed by atoms with van der Waals surface area (Å²) in [6.45, 7) is 0.941. The van der Waals surface area contributed by atoms with E-state index in [9.17, 15) is 8.42 Å². The van der Waals surface area contributed by atoms with E-state index in [1.54, 1.807) is 10.5 Å². The third-order valence-corrected chi connectivity index (χ3v) is 7.89. The minimum atomic E-state index is -3.37. The van der Waals surface area contributed by atoms with Crippen molar-refractivity contribution in [2.75, 3.05) is 13.2 Å². The number of ether oxygens (including phenoxy) is 1. The molecule has 0 spiro atoms. The van der Waals surface area contributed by atoms with Crippen molar-refractivity contribution in [1.29, 1.82) is 0 Å². The molecule has 2 saturated heterocycles. The highest BCUT2D eigenvalue weighted by atomic mass is 32.2. The molecule has 1 aromatic heterocycles. The summed E-state index contributed by atoms with van der Waals surface area (Å²) in [6, 6.07) is 9.72. The zero-order chi connectivity index (χ0) is 19.8. The largest absolute Gasteiger partial charge is 0.457 e. The number of nitrogens with zero attached hydrogens (tertiary/aromatic N) is 4. The van der Waals surface area contributed by atoms with Gasteiger partial charge in [0, 0.05) is 18.5 Å². The average molecular weight is 415 g/mol. The monoisotopic (exact) mass is 414 g/mol. The van der Waals surface area contributed by atoms with Crippen LogP contribution in [0.2, 0.25) is 0 Å². The summed E-state index contributed by atoms with van der Waals surface area (Å²) in [5, 5.41) is 0. The highest BCUT2D eigenvalue weighted by Gasteiger charge is 2.41. The lowest BCUT2D eigenvalue weighted by Crippen LogP contribution is -2.53. The van der Waals surface area contributed by atoms with Gasteiger partial charge in [0.2, 0.25) is 15.9 Å².